The van der Waals surface area contributed by atoms with Gasteiger partial charge in [-0.15, -0.1) is 0 Å². The van der Waals surface area contributed by atoms with Crippen molar-refractivity contribution in [1.29, 1.82) is 0 Å². The molecule has 0 saturated carbocycles. The molecule has 2 aromatic carbocycles. The van der Waals surface area contributed by atoms with Crippen molar-refractivity contribution in [3.8, 4) is 5.75 Å². The van der Waals surface area contributed by atoms with Crippen LogP contribution in [0.1, 0.15) is 29.2 Å². The fraction of sp³-hybridized carbons (Fsp3) is 0.333. The summed E-state index contributed by atoms with van der Waals surface area (Å²) in [5, 5.41) is 16.1. The van der Waals surface area contributed by atoms with Gasteiger partial charge in [-0.1, -0.05) is 39.8 Å². The van der Waals surface area contributed by atoms with Crippen LogP contribution < -0.4 is 15.9 Å². The normalized spacial score (nSPS) is 11.4. The summed E-state index contributed by atoms with van der Waals surface area (Å²) in [5.41, 5.74) is 4.78. The minimum atomic E-state index is 0.441. The van der Waals surface area contributed by atoms with E-state index in [0.717, 1.165) is 24.0 Å². The van der Waals surface area contributed by atoms with Gasteiger partial charge >= 0.3 is 0 Å². The summed E-state index contributed by atoms with van der Waals surface area (Å²) in [6.07, 6.45) is 0. The van der Waals surface area contributed by atoms with Gasteiger partial charge in [-0.2, -0.15) is 0 Å². The Bertz CT molecular complexity index is 637. The minimum Gasteiger partial charge on any atom is -0.507 e. The number of benzene rings is 2. The molecule has 0 aromatic heterocycles. The largest absolute Gasteiger partial charge is 0.507 e. The lowest BCUT2D eigenvalue weighted by atomic mass is 10.1. The number of phenolic OH excluding ortho intramolecular Hbond substituents is 1. The van der Waals surface area contributed by atoms with Crippen LogP contribution in [0.4, 0.5) is 0 Å². The summed E-state index contributed by atoms with van der Waals surface area (Å²) in [6.45, 7) is 10.2. The Morgan fingerprint density at radius 1 is 1.10 bits per heavy atom. The van der Waals surface area contributed by atoms with Gasteiger partial charge < -0.3 is 10.4 Å². The fourth-order valence-electron chi connectivity index (χ4n) is 2.50. The van der Waals surface area contributed by atoms with Gasteiger partial charge in [0.15, 0.2) is 0 Å². The van der Waals surface area contributed by atoms with E-state index in [9.17, 15) is 5.11 Å². The average Bonchev–Trinajstić information content (AvgIpc) is 2.44. The Morgan fingerprint density at radius 3 is 2.57 bits per heavy atom. The molecule has 0 bridgehead atoms. The molecule has 0 saturated heterocycles. The molecule has 0 aliphatic heterocycles. The van der Waals surface area contributed by atoms with Gasteiger partial charge in [0.25, 0.3) is 0 Å². The van der Waals surface area contributed by atoms with Crippen LogP contribution in [0.15, 0.2) is 30.3 Å². The number of rotatable bonds is 5. The van der Waals surface area contributed by atoms with Gasteiger partial charge in [-0.25, -0.2) is 0 Å². The van der Waals surface area contributed by atoms with Crippen molar-refractivity contribution in [2.45, 2.75) is 34.2 Å². The number of phenols is 1. The van der Waals surface area contributed by atoms with Gasteiger partial charge in [0, 0.05) is 11.8 Å². The van der Waals surface area contributed by atoms with E-state index in [2.05, 4.69) is 50.4 Å². The maximum atomic E-state index is 10.3. The predicted molar refractivity (Wildman–Crippen MR) is 93.7 cm³/mol. The zero-order chi connectivity index (χ0) is 15.4. The molecule has 112 valence electrons. The summed E-state index contributed by atoms with van der Waals surface area (Å²) in [6, 6.07) is 10.6. The first-order valence-electron chi connectivity index (χ1n) is 7.39. The molecule has 2 aromatic rings. The Balaban J connectivity index is 2.39. The van der Waals surface area contributed by atoms with Crippen LogP contribution in [0.25, 0.3) is 0 Å². The molecule has 3 heteroatoms. The summed E-state index contributed by atoms with van der Waals surface area (Å²) in [4.78, 5) is 0. The summed E-state index contributed by atoms with van der Waals surface area (Å²) in [7, 11) is 0.487. The van der Waals surface area contributed by atoms with Crippen molar-refractivity contribution in [1.82, 2.24) is 5.32 Å². The number of hydrogen-bond acceptors (Lipinski definition) is 2. The number of nitrogens with one attached hydrogen (secondary N) is 1. The summed E-state index contributed by atoms with van der Waals surface area (Å²) in [5.74, 6) is 0.441. The zero-order valence-electron chi connectivity index (χ0n) is 13.2. The molecule has 0 spiro atoms. The van der Waals surface area contributed by atoms with E-state index < -0.39 is 0 Å². The van der Waals surface area contributed by atoms with E-state index >= 15 is 0 Å². The van der Waals surface area contributed by atoms with E-state index in [1.54, 1.807) is 0 Å². The second-order valence-electron chi connectivity index (χ2n) is 5.49. The van der Waals surface area contributed by atoms with Crippen LogP contribution in [0, 0.1) is 20.8 Å². The SMILES string of the molecule is CCNCc1cccc(C)c1Pc1cc(C)cc(C)c1O. The standard InChI is InChI=1S/C18H24NOP/c1-5-19-11-15-8-6-7-13(3)18(15)21-16-10-12(2)9-14(4)17(16)20/h6-10,19-21H,5,11H2,1-4H3. The van der Waals surface area contributed by atoms with Crippen molar-refractivity contribution in [2.75, 3.05) is 6.54 Å². The molecule has 0 heterocycles. The van der Waals surface area contributed by atoms with Gasteiger partial charge in [0.1, 0.15) is 5.75 Å². The van der Waals surface area contributed by atoms with Crippen LogP contribution in [-0.2, 0) is 6.54 Å². The van der Waals surface area contributed by atoms with E-state index in [-0.39, 0.29) is 0 Å². The highest BCUT2D eigenvalue weighted by Gasteiger charge is 2.11. The molecule has 1 atom stereocenters. The highest BCUT2D eigenvalue weighted by molar-refractivity contribution is 7.56. The van der Waals surface area contributed by atoms with Crippen LogP contribution >= 0.6 is 8.58 Å². The van der Waals surface area contributed by atoms with Crippen LogP contribution in [0.2, 0.25) is 0 Å². The molecular formula is C18H24NOP. The second-order valence-corrected chi connectivity index (χ2v) is 6.78. The minimum absolute atomic E-state index is 0.441. The summed E-state index contributed by atoms with van der Waals surface area (Å²) >= 11 is 0. The predicted octanol–water partition coefficient (Wildman–Crippen LogP) is 3.06. The molecule has 2 nitrogen and oxygen atoms in total. The first kappa shape index (κ1) is 16.0. The molecule has 0 aliphatic rings. The van der Waals surface area contributed by atoms with Crippen molar-refractivity contribution in [3.63, 3.8) is 0 Å². The fourth-order valence-corrected chi connectivity index (χ4v) is 4.00. The third-order valence-electron chi connectivity index (χ3n) is 3.63. The quantitative estimate of drug-likeness (QED) is 0.832. The highest BCUT2D eigenvalue weighted by atomic mass is 31.1. The lowest BCUT2D eigenvalue weighted by Crippen LogP contribution is -2.20. The molecule has 0 amide bonds. The highest BCUT2D eigenvalue weighted by Crippen LogP contribution is 2.25. The molecule has 21 heavy (non-hydrogen) atoms. The molecule has 2 N–H and O–H groups in total. The number of hydrogen-bond donors (Lipinski definition) is 2. The Morgan fingerprint density at radius 2 is 1.86 bits per heavy atom. The summed E-state index contributed by atoms with van der Waals surface area (Å²) < 4.78 is 0. The second kappa shape index (κ2) is 7.06. The smallest absolute Gasteiger partial charge is 0.126 e. The molecule has 1 unspecified atom stereocenters. The Kier molecular flexibility index (Phi) is 5.39. The molecule has 0 fully saturated rings. The first-order valence-corrected chi connectivity index (χ1v) is 8.39. The Labute approximate surface area is 129 Å². The van der Waals surface area contributed by atoms with Crippen molar-refractivity contribution in [2.24, 2.45) is 0 Å². The van der Waals surface area contributed by atoms with Crippen LogP contribution in [-0.4, -0.2) is 11.7 Å². The van der Waals surface area contributed by atoms with Crippen LogP contribution in [0.5, 0.6) is 5.75 Å². The van der Waals surface area contributed by atoms with Crippen molar-refractivity contribution >= 4 is 19.2 Å². The molecule has 2 rings (SSSR count). The Hall–Kier alpha value is -1.37. The number of aryl methyl sites for hydroxylation is 3. The molecule has 0 aliphatic carbocycles. The molecular weight excluding hydrogens is 277 g/mol. The van der Waals surface area contributed by atoms with E-state index in [1.165, 1.54) is 22.0 Å². The van der Waals surface area contributed by atoms with Crippen molar-refractivity contribution < 1.29 is 5.11 Å². The average molecular weight is 301 g/mol. The van der Waals surface area contributed by atoms with Gasteiger partial charge in [0.05, 0.1) is 0 Å². The number of aromatic hydroxyl groups is 1. The van der Waals surface area contributed by atoms with E-state index in [1.807, 2.05) is 13.0 Å². The monoisotopic (exact) mass is 301 g/mol. The first-order chi connectivity index (χ1) is 10.0. The van der Waals surface area contributed by atoms with Crippen molar-refractivity contribution in [3.05, 3.63) is 52.6 Å². The van der Waals surface area contributed by atoms with Gasteiger partial charge in [-0.05, 0) is 60.9 Å². The third-order valence-corrected chi connectivity index (χ3v) is 5.24. The maximum absolute atomic E-state index is 10.3. The lowest BCUT2D eigenvalue weighted by Gasteiger charge is -2.15. The maximum Gasteiger partial charge on any atom is 0.126 e. The van der Waals surface area contributed by atoms with Gasteiger partial charge in [0.2, 0.25) is 0 Å². The lowest BCUT2D eigenvalue weighted by molar-refractivity contribution is 0.475. The topological polar surface area (TPSA) is 32.3 Å². The van der Waals surface area contributed by atoms with Gasteiger partial charge in [-0.3, -0.25) is 0 Å². The van der Waals surface area contributed by atoms with Crippen LogP contribution in [0.3, 0.4) is 0 Å². The molecule has 0 radical (unpaired) electrons. The third kappa shape index (κ3) is 3.84. The van der Waals surface area contributed by atoms with E-state index in [4.69, 9.17) is 0 Å². The van der Waals surface area contributed by atoms with E-state index in [0.29, 0.717) is 14.3 Å². The zero-order valence-corrected chi connectivity index (χ0v) is 14.2.